The van der Waals surface area contributed by atoms with Gasteiger partial charge in [0.1, 0.15) is 0 Å². The first-order valence-corrected chi connectivity index (χ1v) is 6.63. The normalized spacial score (nSPS) is 36.4. The maximum atomic E-state index is 10.0. The van der Waals surface area contributed by atoms with Gasteiger partial charge < -0.3 is 10.8 Å². The molecule has 0 bridgehead atoms. The van der Waals surface area contributed by atoms with Crippen molar-refractivity contribution in [3.8, 4) is 0 Å². The first-order valence-electron chi connectivity index (χ1n) is 5.48. The molecule has 2 fully saturated rings. The molecule has 4 heteroatoms. The number of nitrogens with two attached hydrogens (primary N) is 1. The van der Waals surface area contributed by atoms with E-state index in [-0.39, 0.29) is 0 Å². The van der Waals surface area contributed by atoms with E-state index in [1.54, 1.807) is 0 Å². The minimum absolute atomic E-state index is 0.408. The van der Waals surface area contributed by atoms with Crippen molar-refractivity contribution >= 4 is 11.8 Å². The van der Waals surface area contributed by atoms with Gasteiger partial charge in [-0.15, -0.1) is 0 Å². The zero-order valence-corrected chi connectivity index (χ0v) is 9.43. The summed E-state index contributed by atoms with van der Waals surface area (Å²) in [5, 5.41) is 10.0. The predicted octanol–water partition coefficient (Wildman–Crippen LogP) is 0.278. The van der Waals surface area contributed by atoms with E-state index < -0.39 is 5.60 Å². The Morgan fingerprint density at radius 2 is 2.14 bits per heavy atom. The molecule has 3 N–H and O–H groups in total. The number of rotatable bonds is 2. The molecule has 2 rings (SSSR count). The summed E-state index contributed by atoms with van der Waals surface area (Å²) in [5.74, 6) is 2.56. The van der Waals surface area contributed by atoms with Crippen molar-refractivity contribution < 1.29 is 5.11 Å². The lowest BCUT2D eigenvalue weighted by Gasteiger charge is -2.31. The summed E-state index contributed by atoms with van der Waals surface area (Å²) in [4.78, 5) is 2.44. The molecule has 0 aromatic carbocycles. The van der Waals surface area contributed by atoms with Crippen LogP contribution in [0.15, 0.2) is 0 Å². The molecule has 2 saturated heterocycles. The molecule has 2 heterocycles. The quantitative estimate of drug-likeness (QED) is 0.696. The van der Waals surface area contributed by atoms with Crippen LogP contribution < -0.4 is 5.73 Å². The van der Waals surface area contributed by atoms with Crippen LogP contribution in [-0.4, -0.2) is 52.8 Å². The van der Waals surface area contributed by atoms with Crippen molar-refractivity contribution in [1.82, 2.24) is 4.90 Å². The second-order valence-electron chi connectivity index (χ2n) is 4.49. The molecular formula is C10H20N2OS. The van der Waals surface area contributed by atoms with Gasteiger partial charge >= 0.3 is 0 Å². The van der Waals surface area contributed by atoms with Crippen LogP contribution in [0.5, 0.6) is 0 Å². The molecule has 0 amide bonds. The van der Waals surface area contributed by atoms with Crippen LogP contribution in [-0.2, 0) is 0 Å². The monoisotopic (exact) mass is 216 g/mol. The van der Waals surface area contributed by atoms with Crippen LogP contribution in [0, 0.1) is 0 Å². The number of aliphatic hydroxyl groups is 1. The van der Waals surface area contributed by atoms with E-state index in [1.807, 2.05) is 11.8 Å². The highest BCUT2D eigenvalue weighted by atomic mass is 32.2. The molecule has 0 aromatic rings. The Morgan fingerprint density at radius 1 is 1.43 bits per heavy atom. The Morgan fingerprint density at radius 3 is 2.71 bits per heavy atom. The Hall–Kier alpha value is 0.230. The number of β-amino-alcohol motifs (C(OH)–C–C–N with tert-alkyl or cyclic N) is 1. The summed E-state index contributed by atoms with van der Waals surface area (Å²) >= 11 is 2.05. The minimum Gasteiger partial charge on any atom is -0.387 e. The highest BCUT2D eigenvalue weighted by Crippen LogP contribution is 2.28. The second-order valence-corrected chi connectivity index (χ2v) is 5.72. The van der Waals surface area contributed by atoms with Gasteiger partial charge in [0.05, 0.1) is 5.60 Å². The number of nitrogens with zero attached hydrogens (tertiary/aromatic N) is 1. The molecule has 1 unspecified atom stereocenters. The lowest BCUT2D eigenvalue weighted by Crippen LogP contribution is -2.43. The molecule has 0 aromatic heterocycles. The maximum Gasteiger partial charge on any atom is 0.0907 e. The molecule has 0 spiro atoms. The van der Waals surface area contributed by atoms with Crippen LogP contribution in [0.25, 0.3) is 0 Å². The van der Waals surface area contributed by atoms with Gasteiger partial charge in [0.2, 0.25) is 0 Å². The van der Waals surface area contributed by atoms with Gasteiger partial charge in [-0.05, 0) is 30.8 Å². The molecular weight excluding hydrogens is 196 g/mol. The Kier molecular flexibility index (Phi) is 3.37. The molecule has 82 valence electrons. The van der Waals surface area contributed by atoms with Gasteiger partial charge in [-0.3, -0.25) is 4.90 Å². The zero-order chi connectivity index (χ0) is 10.0. The third kappa shape index (κ3) is 2.24. The average Bonchev–Trinajstić information content (AvgIpc) is 2.63. The SMILES string of the molecule is NCC1(O)CCN(C2CCSCC2)C1. The van der Waals surface area contributed by atoms with Crippen molar-refractivity contribution in [2.45, 2.75) is 30.9 Å². The fourth-order valence-corrected chi connectivity index (χ4v) is 3.50. The first-order chi connectivity index (χ1) is 6.73. The van der Waals surface area contributed by atoms with Crippen LogP contribution in [0.4, 0.5) is 0 Å². The van der Waals surface area contributed by atoms with E-state index in [9.17, 15) is 5.11 Å². The van der Waals surface area contributed by atoms with Gasteiger partial charge in [-0.25, -0.2) is 0 Å². The van der Waals surface area contributed by atoms with Crippen LogP contribution in [0.3, 0.4) is 0 Å². The fourth-order valence-electron chi connectivity index (χ4n) is 2.42. The van der Waals surface area contributed by atoms with E-state index in [2.05, 4.69) is 4.90 Å². The molecule has 0 radical (unpaired) electrons. The first kappa shape index (κ1) is 10.7. The van der Waals surface area contributed by atoms with E-state index >= 15 is 0 Å². The highest BCUT2D eigenvalue weighted by molar-refractivity contribution is 7.99. The van der Waals surface area contributed by atoms with Crippen LogP contribution in [0.2, 0.25) is 0 Å². The summed E-state index contributed by atoms with van der Waals surface area (Å²) in [6, 6.07) is 0.705. The molecule has 3 nitrogen and oxygen atoms in total. The highest BCUT2D eigenvalue weighted by Gasteiger charge is 2.37. The van der Waals surface area contributed by atoms with Gasteiger partial charge in [0.25, 0.3) is 0 Å². The number of likely N-dealkylation sites (tertiary alicyclic amines) is 1. The smallest absolute Gasteiger partial charge is 0.0907 e. The Labute approximate surface area is 90.0 Å². The summed E-state index contributed by atoms with van der Waals surface area (Å²) < 4.78 is 0. The Balaban J connectivity index is 1.88. The van der Waals surface area contributed by atoms with Crippen molar-refractivity contribution in [3.05, 3.63) is 0 Å². The maximum absolute atomic E-state index is 10.0. The summed E-state index contributed by atoms with van der Waals surface area (Å²) in [7, 11) is 0. The molecule has 0 saturated carbocycles. The predicted molar refractivity (Wildman–Crippen MR) is 60.5 cm³/mol. The molecule has 1 atom stereocenters. The lowest BCUT2D eigenvalue weighted by molar-refractivity contribution is 0.0513. The number of hydrogen-bond donors (Lipinski definition) is 2. The van der Waals surface area contributed by atoms with Crippen LogP contribution in [0.1, 0.15) is 19.3 Å². The van der Waals surface area contributed by atoms with Gasteiger partial charge in [-0.1, -0.05) is 0 Å². The topological polar surface area (TPSA) is 49.5 Å². The van der Waals surface area contributed by atoms with Crippen molar-refractivity contribution in [3.63, 3.8) is 0 Å². The minimum atomic E-state index is -0.593. The van der Waals surface area contributed by atoms with Crippen molar-refractivity contribution in [2.75, 3.05) is 31.1 Å². The molecule has 0 aliphatic carbocycles. The molecule has 2 aliphatic rings. The van der Waals surface area contributed by atoms with Gasteiger partial charge in [-0.2, -0.15) is 11.8 Å². The average molecular weight is 216 g/mol. The van der Waals surface area contributed by atoms with E-state index in [0.717, 1.165) is 19.5 Å². The third-order valence-electron chi connectivity index (χ3n) is 3.45. The summed E-state index contributed by atoms with van der Waals surface area (Å²) in [5.41, 5.74) is 4.99. The summed E-state index contributed by atoms with van der Waals surface area (Å²) in [6.45, 7) is 2.23. The van der Waals surface area contributed by atoms with Gasteiger partial charge in [0, 0.05) is 25.7 Å². The zero-order valence-electron chi connectivity index (χ0n) is 8.61. The van der Waals surface area contributed by atoms with Crippen LogP contribution >= 0.6 is 11.8 Å². The Bertz CT molecular complexity index is 197. The lowest BCUT2D eigenvalue weighted by atomic mass is 10.0. The van der Waals surface area contributed by atoms with E-state index in [1.165, 1.54) is 24.3 Å². The molecule has 14 heavy (non-hydrogen) atoms. The van der Waals surface area contributed by atoms with Crippen molar-refractivity contribution in [2.24, 2.45) is 5.73 Å². The third-order valence-corrected chi connectivity index (χ3v) is 4.50. The van der Waals surface area contributed by atoms with E-state index in [4.69, 9.17) is 5.73 Å². The second kappa shape index (κ2) is 4.39. The number of thioether (sulfide) groups is 1. The molecule has 2 aliphatic heterocycles. The fraction of sp³-hybridized carbons (Fsp3) is 1.00. The van der Waals surface area contributed by atoms with E-state index in [0.29, 0.717) is 12.6 Å². The number of hydrogen-bond acceptors (Lipinski definition) is 4. The van der Waals surface area contributed by atoms with Crippen molar-refractivity contribution in [1.29, 1.82) is 0 Å². The largest absolute Gasteiger partial charge is 0.387 e. The standard InChI is InChI=1S/C10H20N2OS/c11-7-10(13)3-4-12(8-10)9-1-5-14-6-2-9/h9,13H,1-8,11H2. The van der Waals surface area contributed by atoms with Gasteiger partial charge in [0.15, 0.2) is 0 Å². The summed E-state index contributed by atoms with van der Waals surface area (Å²) in [6.07, 6.45) is 3.42.